The van der Waals surface area contributed by atoms with E-state index in [-0.39, 0.29) is 31.4 Å². The second-order valence-corrected chi connectivity index (χ2v) is 8.12. The number of nitrogens with zero attached hydrogens (tertiary/aromatic N) is 1. The Hall–Kier alpha value is -2.90. The van der Waals surface area contributed by atoms with E-state index in [1.807, 2.05) is 62.4 Å². The van der Waals surface area contributed by atoms with Crippen molar-refractivity contribution < 1.29 is 24.2 Å². The minimum absolute atomic E-state index is 0.00572. The van der Waals surface area contributed by atoms with Gasteiger partial charge in [-0.15, -0.1) is 0 Å². The highest BCUT2D eigenvalue weighted by atomic mass is 16.5. The van der Waals surface area contributed by atoms with Gasteiger partial charge in [-0.2, -0.15) is 0 Å². The molecule has 3 rings (SSSR count). The lowest BCUT2D eigenvalue weighted by Gasteiger charge is -2.41. The third-order valence-electron chi connectivity index (χ3n) is 5.25. The number of carbonyl (C=O) groups is 2. The van der Waals surface area contributed by atoms with Gasteiger partial charge in [0.25, 0.3) is 0 Å². The van der Waals surface area contributed by atoms with E-state index in [4.69, 9.17) is 9.47 Å². The van der Waals surface area contributed by atoms with Gasteiger partial charge in [0.05, 0.1) is 26.2 Å². The molecule has 0 spiro atoms. The van der Waals surface area contributed by atoms with Crippen LogP contribution in [0.1, 0.15) is 31.1 Å². The molecule has 1 fully saturated rings. The van der Waals surface area contributed by atoms with Crippen LogP contribution in [0.25, 0.3) is 0 Å². The maximum Gasteiger partial charge on any atom is 0.249 e. The molecular formula is C24H30N2O5. The van der Waals surface area contributed by atoms with Crippen molar-refractivity contribution in [1.29, 1.82) is 0 Å². The SMILES string of the molecule is COc1ccc(CC(=O)Nc2ccc(C3OCC(=O)N(CC(C)C)C3CO)cc2)cc1. The van der Waals surface area contributed by atoms with Crippen molar-refractivity contribution in [3.05, 3.63) is 59.7 Å². The van der Waals surface area contributed by atoms with Gasteiger partial charge in [-0.05, 0) is 41.3 Å². The van der Waals surface area contributed by atoms with E-state index in [0.717, 1.165) is 16.9 Å². The van der Waals surface area contributed by atoms with Gasteiger partial charge >= 0.3 is 0 Å². The van der Waals surface area contributed by atoms with E-state index in [1.165, 1.54) is 0 Å². The normalized spacial score (nSPS) is 18.9. The second kappa shape index (κ2) is 10.4. The van der Waals surface area contributed by atoms with Crippen LogP contribution < -0.4 is 10.1 Å². The molecule has 2 aromatic rings. The maximum absolute atomic E-state index is 12.4. The fourth-order valence-corrected chi connectivity index (χ4v) is 3.74. The van der Waals surface area contributed by atoms with Gasteiger partial charge in [-0.1, -0.05) is 38.1 Å². The third-order valence-corrected chi connectivity index (χ3v) is 5.25. The molecule has 31 heavy (non-hydrogen) atoms. The Bertz CT molecular complexity index is 880. The van der Waals surface area contributed by atoms with E-state index < -0.39 is 12.1 Å². The number of hydrogen-bond acceptors (Lipinski definition) is 5. The molecular weight excluding hydrogens is 396 g/mol. The molecule has 2 atom stereocenters. The zero-order valence-electron chi connectivity index (χ0n) is 18.2. The van der Waals surface area contributed by atoms with Crippen LogP contribution in [0, 0.1) is 5.92 Å². The van der Waals surface area contributed by atoms with Crippen molar-refractivity contribution in [2.24, 2.45) is 5.92 Å². The quantitative estimate of drug-likeness (QED) is 0.678. The van der Waals surface area contributed by atoms with Crippen molar-refractivity contribution in [3.8, 4) is 5.75 Å². The topological polar surface area (TPSA) is 88.1 Å². The summed E-state index contributed by atoms with van der Waals surface area (Å²) in [6, 6.07) is 14.3. The molecule has 1 saturated heterocycles. The Morgan fingerprint density at radius 2 is 1.87 bits per heavy atom. The summed E-state index contributed by atoms with van der Waals surface area (Å²) < 4.78 is 10.9. The third kappa shape index (κ3) is 5.83. The van der Waals surface area contributed by atoms with Gasteiger partial charge in [-0.3, -0.25) is 9.59 Å². The Morgan fingerprint density at radius 1 is 1.19 bits per heavy atom. The Kier molecular flexibility index (Phi) is 7.65. The maximum atomic E-state index is 12.4. The number of morpholine rings is 1. The van der Waals surface area contributed by atoms with Crippen LogP contribution in [0.15, 0.2) is 48.5 Å². The molecule has 2 aromatic carbocycles. The highest BCUT2D eigenvalue weighted by Gasteiger charge is 2.37. The number of aliphatic hydroxyl groups excluding tert-OH is 1. The predicted octanol–water partition coefficient (Wildman–Crippen LogP) is 2.79. The lowest BCUT2D eigenvalue weighted by molar-refractivity contribution is -0.161. The Labute approximate surface area is 183 Å². The van der Waals surface area contributed by atoms with E-state index in [0.29, 0.717) is 18.2 Å². The summed E-state index contributed by atoms with van der Waals surface area (Å²) in [5.41, 5.74) is 2.42. The summed E-state index contributed by atoms with van der Waals surface area (Å²) in [5.74, 6) is 0.819. The summed E-state index contributed by atoms with van der Waals surface area (Å²) in [7, 11) is 1.60. The molecule has 1 aliphatic heterocycles. The lowest BCUT2D eigenvalue weighted by Crippen LogP contribution is -2.53. The zero-order valence-corrected chi connectivity index (χ0v) is 18.2. The average Bonchev–Trinajstić information content (AvgIpc) is 2.76. The fraction of sp³-hybridized carbons (Fsp3) is 0.417. The minimum atomic E-state index is -0.431. The van der Waals surface area contributed by atoms with Crippen LogP contribution in [0.3, 0.4) is 0 Å². The van der Waals surface area contributed by atoms with Crippen molar-refractivity contribution in [1.82, 2.24) is 4.90 Å². The molecule has 7 heteroatoms. The van der Waals surface area contributed by atoms with Gasteiger partial charge in [-0.25, -0.2) is 0 Å². The van der Waals surface area contributed by atoms with E-state index in [9.17, 15) is 14.7 Å². The second-order valence-electron chi connectivity index (χ2n) is 8.12. The van der Waals surface area contributed by atoms with Crippen LogP contribution >= 0.6 is 0 Å². The fourth-order valence-electron chi connectivity index (χ4n) is 3.74. The van der Waals surface area contributed by atoms with Crippen LogP contribution in [0.4, 0.5) is 5.69 Å². The Balaban J connectivity index is 1.64. The first-order valence-electron chi connectivity index (χ1n) is 10.5. The molecule has 1 aliphatic rings. The molecule has 0 aromatic heterocycles. The van der Waals surface area contributed by atoms with Crippen molar-refractivity contribution >= 4 is 17.5 Å². The number of hydrogen-bond donors (Lipinski definition) is 2. The first-order valence-corrected chi connectivity index (χ1v) is 10.5. The molecule has 2 amide bonds. The highest BCUT2D eigenvalue weighted by molar-refractivity contribution is 5.92. The van der Waals surface area contributed by atoms with Crippen LogP contribution in [0.2, 0.25) is 0 Å². The number of carbonyl (C=O) groups excluding carboxylic acids is 2. The van der Waals surface area contributed by atoms with Gasteiger partial charge in [0.2, 0.25) is 11.8 Å². The van der Waals surface area contributed by atoms with Gasteiger partial charge in [0.15, 0.2) is 0 Å². The minimum Gasteiger partial charge on any atom is -0.497 e. The number of ether oxygens (including phenoxy) is 2. The van der Waals surface area contributed by atoms with Crippen molar-refractivity contribution in [2.75, 3.05) is 32.2 Å². The smallest absolute Gasteiger partial charge is 0.249 e. The summed E-state index contributed by atoms with van der Waals surface area (Å²) in [5, 5.41) is 12.8. The summed E-state index contributed by atoms with van der Waals surface area (Å²) >= 11 is 0. The predicted molar refractivity (Wildman–Crippen MR) is 118 cm³/mol. The number of anilines is 1. The lowest BCUT2D eigenvalue weighted by atomic mass is 9.98. The van der Waals surface area contributed by atoms with Crippen molar-refractivity contribution in [3.63, 3.8) is 0 Å². The van der Waals surface area contributed by atoms with Crippen molar-refractivity contribution in [2.45, 2.75) is 32.4 Å². The molecule has 0 saturated carbocycles. The first-order chi connectivity index (χ1) is 14.9. The first kappa shape index (κ1) is 22.8. The molecule has 2 unspecified atom stereocenters. The summed E-state index contributed by atoms with van der Waals surface area (Å²) in [6.45, 7) is 4.46. The Morgan fingerprint density at radius 3 is 2.45 bits per heavy atom. The monoisotopic (exact) mass is 426 g/mol. The standard InChI is InChI=1S/C24H30N2O5/c1-16(2)13-26-21(14-27)24(31-15-23(26)29)18-6-8-19(9-7-18)25-22(28)12-17-4-10-20(30-3)11-5-17/h4-11,16,21,24,27H,12-15H2,1-3H3,(H,25,28). The molecule has 0 aliphatic carbocycles. The molecule has 7 nitrogen and oxygen atoms in total. The van der Waals surface area contributed by atoms with Crippen LogP contribution in [0.5, 0.6) is 5.75 Å². The number of nitrogens with one attached hydrogen (secondary N) is 1. The number of rotatable bonds is 8. The number of amides is 2. The van der Waals surface area contributed by atoms with Crippen LogP contribution in [-0.4, -0.2) is 54.7 Å². The largest absolute Gasteiger partial charge is 0.497 e. The zero-order chi connectivity index (χ0) is 22.4. The van der Waals surface area contributed by atoms with Gasteiger partial charge < -0.3 is 24.8 Å². The molecule has 0 radical (unpaired) electrons. The number of benzene rings is 2. The highest BCUT2D eigenvalue weighted by Crippen LogP contribution is 2.30. The summed E-state index contributed by atoms with van der Waals surface area (Å²) in [6.07, 6.45) is -0.151. The molecule has 2 N–H and O–H groups in total. The van der Waals surface area contributed by atoms with Gasteiger partial charge in [0.1, 0.15) is 18.5 Å². The van der Waals surface area contributed by atoms with E-state index >= 15 is 0 Å². The average molecular weight is 427 g/mol. The number of aliphatic hydroxyl groups is 1. The van der Waals surface area contributed by atoms with E-state index in [1.54, 1.807) is 12.0 Å². The van der Waals surface area contributed by atoms with Crippen LogP contribution in [-0.2, 0) is 20.7 Å². The summed E-state index contributed by atoms with van der Waals surface area (Å²) in [4.78, 5) is 26.3. The van der Waals surface area contributed by atoms with E-state index in [2.05, 4.69) is 5.32 Å². The molecule has 0 bridgehead atoms. The molecule has 1 heterocycles. The van der Waals surface area contributed by atoms with Gasteiger partial charge in [0, 0.05) is 12.2 Å². The molecule has 166 valence electrons. The number of methoxy groups -OCH3 is 1.